The molecule has 18 heavy (non-hydrogen) atoms. The molecule has 0 aromatic heterocycles. The van der Waals surface area contributed by atoms with Crippen molar-refractivity contribution >= 4 is 0 Å². The van der Waals surface area contributed by atoms with E-state index in [2.05, 4.69) is 10.2 Å². The number of nitrogens with zero attached hydrogens (tertiary/aromatic N) is 1. The number of aliphatic hydroxyl groups excluding tert-OH is 1. The lowest BCUT2D eigenvalue weighted by Crippen LogP contribution is -2.51. The number of ether oxygens (including phenoxy) is 1. The Morgan fingerprint density at radius 1 is 1.28 bits per heavy atom. The summed E-state index contributed by atoms with van der Waals surface area (Å²) in [5, 5.41) is 13.2. The zero-order valence-corrected chi connectivity index (χ0v) is 11.5. The number of methoxy groups -OCH3 is 1. The number of likely N-dealkylation sites (N-methyl/N-ethyl adjacent to an activating group) is 1. The highest BCUT2D eigenvalue weighted by molar-refractivity contribution is 5.25. The van der Waals surface area contributed by atoms with Crippen LogP contribution in [0.1, 0.15) is 5.56 Å². The monoisotopic (exact) mass is 252 g/mol. The molecule has 1 rings (SSSR count). The molecule has 0 amide bonds. The fourth-order valence-electron chi connectivity index (χ4n) is 1.95. The third kappa shape index (κ3) is 4.07. The molecule has 0 spiro atoms. The van der Waals surface area contributed by atoms with Crippen LogP contribution in [-0.4, -0.2) is 57.5 Å². The zero-order chi connectivity index (χ0) is 13.4. The number of hydrogen-bond acceptors (Lipinski definition) is 4. The third-order valence-corrected chi connectivity index (χ3v) is 3.01. The van der Waals surface area contributed by atoms with Gasteiger partial charge in [0.05, 0.1) is 18.8 Å². The maximum atomic E-state index is 9.77. The van der Waals surface area contributed by atoms with Crippen molar-refractivity contribution < 1.29 is 9.84 Å². The number of aliphatic hydroxyl groups is 1. The molecule has 0 fully saturated rings. The van der Waals surface area contributed by atoms with Crippen molar-refractivity contribution in [2.24, 2.45) is 0 Å². The van der Waals surface area contributed by atoms with Gasteiger partial charge in [-0.1, -0.05) is 30.3 Å². The van der Waals surface area contributed by atoms with Crippen molar-refractivity contribution in [1.82, 2.24) is 10.2 Å². The fourth-order valence-corrected chi connectivity index (χ4v) is 1.95. The number of nitrogens with one attached hydrogen (secondary N) is 1. The molecule has 1 aromatic carbocycles. The number of benzene rings is 1. The largest absolute Gasteiger partial charge is 0.394 e. The first-order valence-electron chi connectivity index (χ1n) is 6.20. The summed E-state index contributed by atoms with van der Waals surface area (Å²) in [4.78, 5) is 2.10. The van der Waals surface area contributed by atoms with Crippen molar-refractivity contribution in [2.45, 2.75) is 5.54 Å². The van der Waals surface area contributed by atoms with Gasteiger partial charge in [0.25, 0.3) is 0 Å². The molecule has 0 saturated carbocycles. The van der Waals surface area contributed by atoms with E-state index < -0.39 is 5.54 Å². The summed E-state index contributed by atoms with van der Waals surface area (Å²) in [6.45, 7) is 2.17. The summed E-state index contributed by atoms with van der Waals surface area (Å²) in [6, 6.07) is 9.94. The standard InChI is InChI=1S/C14H24N2O2/c1-16(2)10-9-15-14(11-17,12-18-3)13-7-5-4-6-8-13/h4-8,15,17H,9-12H2,1-3H3. The molecule has 1 atom stereocenters. The lowest BCUT2D eigenvalue weighted by Gasteiger charge is -2.33. The van der Waals surface area contributed by atoms with Gasteiger partial charge in [-0.2, -0.15) is 0 Å². The molecule has 4 nitrogen and oxygen atoms in total. The Labute approximate surface area is 110 Å². The summed E-state index contributed by atoms with van der Waals surface area (Å²) in [7, 11) is 5.71. The molecule has 1 unspecified atom stereocenters. The first kappa shape index (κ1) is 15.1. The van der Waals surface area contributed by atoms with Crippen LogP contribution in [0.2, 0.25) is 0 Å². The van der Waals surface area contributed by atoms with Crippen molar-refractivity contribution in [2.75, 3.05) is 47.5 Å². The Hall–Kier alpha value is -0.940. The van der Waals surface area contributed by atoms with E-state index in [1.807, 2.05) is 44.4 Å². The van der Waals surface area contributed by atoms with Gasteiger partial charge in [0, 0.05) is 20.2 Å². The summed E-state index contributed by atoms with van der Waals surface area (Å²) in [5.41, 5.74) is 0.527. The predicted octanol–water partition coefficient (Wildman–Crippen LogP) is 0.672. The Morgan fingerprint density at radius 3 is 2.44 bits per heavy atom. The Balaban J connectivity index is 2.80. The van der Waals surface area contributed by atoms with E-state index in [-0.39, 0.29) is 6.61 Å². The molecule has 0 heterocycles. The molecule has 1 aromatic rings. The Bertz CT molecular complexity index is 330. The van der Waals surface area contributed by atoms with Gasteiger partial charge in [-0.05, 0) is 19.7 Å². The van der Waals surface area contributed by atoms with Crippen LogP contribution in [0, 0.1) is 0 Å². The minimum Gasteiger partial charge on any atom is -0.394 e. The number of rotatable bonds is 8. The van der Waals surface area contributed by atoms with Gasteiger partial charge in [-0.3, -0.25) is 0 Å². The predicted molar refractivity (Wildman–Crippen MR) is 73.6 cm³/mol. The lowest BCUT2D eigenvalue weighted by molar-refractivity contribution is 0.0595. The van der Waals surface area contributed by atoms with Crippen LogP contribution in [-0.2, 0) is 10.3 Å². The van der Waals surface area contributed by atoms with Gasteiger partial charge in [-0.25, -0.2) is 0 Å². The van der Waals surface area contributed by atoms with Crippen molar-refractivity contribution in [3.8, 4) is 0 Å². The van der Waals surface area contributed by atoms with Gasteiger partial charge in [-0.15, -0.1) is 0 Å². The van der Waals surface area contributed by atoms with E-state index in [4.69, 9.17) is 4.74 Å². The second-order valence-corrected chi connectivity index (χ2v) is 4.77. The summed E-state index contributed by atoms with van der Waals surface area (Å²) >= 11 is 0. The highest BCUT2D eigenvalue weighted by Crippen LogP contribution is 2.20. The highest BCUT2D eigenvalue weighted by Gasteiger charge is 2.30. The van der Waals surface area contributed by atoms with Crippen LogP contribution in [0.15, 0.2) is 30.3 Å². The van der Waals surface area contributed by atoms with Crippen LogP contribution in [0.4, 0.5) is 0 Å². The molecule has 0 radical (unpaired) electrons. The third-order valence-electron chi connectivity index (χ3n) is 3.01. The molecule has 0 aliphatic rings. The minimum absolute atomic E-state index is 0.0122. The van der Waals surface area contributed by atoms with Gasteiger partial charge >= 0.3 is 0 Å². The molecule has 102 valence electrons. The quantitative estimate of drug-likeness (QED) is 0.714. The topological polar surface area (TPSA) is 44.7 Å². The SMILES string of the molecule is COCC(CO)(NCCN(C)C)c1ccccc1. The molecule has 4 heteroatoms. The van der Waals surface area contributed by atoms with Gasteiger partial charge in [0.2, 0.25) is 0 Å². The van der Waals surface area contributed by atoms with E-state index >= 15 is 0 Å². The highest BCUT2D eigenvalue weighted by atomic mass is 16.5. The van der Waals surface area contributed by atoms with Gasteiger partial charge < -0.3 is 20.1 Å². The van der Waals surface area contributed by atoms with Crippen molar-refractivity contribution in [3.05, 3.63) is 35.9 Å². The minimum atomic E-state index is -0.522. The molecule has 0 aliphatic carbocycles. The van der Waals surface area contributed by atoms with Crippen LogP contribution < -0.4 is 5.32 Å². The molecule has 0 bridgehead atoms. The average molecular weight is 252 g/mol. The second kappa shape index (κ2) is 7.48. The summed E-state index contributed by atoms with van der Waals surface area (Å²) in [6.07, 6.45) is 0. The Kier molecular flexibility index (Phi) is 6.29. The van der Waals surface area contributed by atoms with Crippen LogP contribution in [0.25, 0.3) is 0 Å². The lowest BCUT2D eigenvalue weighted by atomic mass is 9.91. The maximum Gasteiger partial charge on any atom is 0.0906 e. The Morgan fingerprint density at radius 2 is 1.94 bits per heavy atom. The molecular weight excluding hydrogens is 228 g/mol. The van der Waals surface area contributed by atoms with Crippen molar-refractivity contribution in [3.63, 3.8) is 0 Å². The molecule has 0 aliphatic heterocycles. The fraction of sp³-hybridized carbons (Fsp3) is 0.571. The molecule has 0 saturated heterocycles. The van der Waals surface area contributed by atoms with E-state index in [1.54, 1.807) is 7.11 Å². The van der Waals surface area contributed by atoms with Crippen LogP contribution in [0.3, 0.4) is 0 Å². The maximum absolute atomic E-state index is 9.77. The smallest absolute Gasteiger partial charge is 0.0906 e. The zero-order valence-electron chi connectivity index (χ0n) is 11.5. The van der Waals surface area contributed by atoms with E-state index in [9.17, 15) is 5.11 Å². The molecular formula is C14H24N2O2. The van der Waals surface area contributed by atoms with E-state index in [0.717, 1.165) is 18.7 Å². The van der Waals surface area contributed by atoms with Crippen LogP contribution >= 0.6 is 0 Å². The summed E-state index contributed by atoms with van der Waals surface area (Å²) in [5.74, 6) is 0. The van der Waals surface area contributed by atoms with E-state index in [1.165, 1.54) is 0 Å². The van der Waals surface area contributed by atoms with E-state index in [0.29, 0.717) is 6.61 Å². The molecule has 2 N–H and O–H groups in total. The first-order chi connectivity index (χ1) is 8.64. The summed E-state index contributed by atoms with van der Waals surface area (Å²) < 4.78 is 5.27. The van der Waals surface area contributed by atoms with Crippen molar-refractivity contribution in [1.29, 1.82) is 0 Å². The first-order valence-corrected chi connectivity index (χ1v) is 6.20. The average Bonchev–Trinajstić information content (AvgIpc) is 2.38. The van der Waals surface area contributed by atoms with Crippen LogP contribution in [0.5, 0.6) is 0 Å². The normalized spacial score (nSPS) is 14.7. The second-order valence-electron chi connectivity index (χ2n) is 4.77. The van der Waals surface area contributed by atoms with Gasteiger partial charge in [0.15, 0.2) is 0 Å². The van der Waals surface area contributed by atoms with Gasteiger partial charge in [0.1, 0.15) is 0 Å². The number of hydrogen-bond donors (Lipinski definition) is 2.